The monoisotopic (exact) mass is 278 g/mol. The number of rotatable bonds is 5. The van der Waals surface area contributed by atoms with Crippen LogP contribution in [0.15, 0.2) is 24.3 Å². The van der Waals surface area contributed by atoms with Crippen molar-refractivity contribution < 1.29 is 14.3 Å². The van der Waals surface area contributed by atoms with Gasteiger partial charge in [-0.3, -0.25) is 4.79 Å². The molecule has 0 saturated carbocycles. The lowest BCUT2D eigenvalue weighted by atomic mass is 10.1. The smallest absolute Gasteiger partial charge is 0.227 e. The predicted molar refractivity (Wildman–Crippen MR) is 76.2 cm³/mol. The van der Waals surface area contributed by atoms with E-state index in [1.165, 1.54) is 0 Å². The number of ether oxygens (including phenoxy) is 2. The summed E-state index contributed by atoms with van der Waals surface area (Å²) in [6.07, 6.45) is 0.324. The zero-order valence-electron chi connectivity index (χ0n) is 12.0. The number of nitrogens with zero attached hydrogens (tertiary/aromatic N) is 1. The first kappa shape index (κ1) is 15.0. The molecule has 2 rings (SSSR count). The molecule has 1 aromatic rings. The highest BCUT2D eigenvalue weighted by molar-refractivity contribution is 5.79. The Morgan fingerprint density at radius 3 is 2.10 bits per heavy atom. The van der Waals surface area contributed by atoms with Crippen molar-refractivity contribution in [3.63, 3.8) is 0 Å². The lowest BCUT2D eigenvalue weighted by Crippen LogP contribution is -2.31. The molecule has 2 N–H and O–H groups in total. The summed E-state index contributed by atoms with van der Waals surface area (Å²) in [7, 11) is 3.30. The van der Waals surface area contributed by atoms with E-state index in [0.29, 0.717) is 26.1 Å². The maximum Gasteiger partial charge on any atom is 0.227 e. The normalized spacial score (nSPS) is 22.2. The molecule has 1 aliphatic heterocycles. The number of benzene rings is 1. The molecular weight excluding hydrogens is 256 g/mol. The van der Waals surface area contributed by atoms with E-state index >= 15 is 0 Å². The van der Waals surface area contributed by atoms with Gasteiger partial charge in [-0.15, -0.1) is 0 Å². The summed E-state index contributed by atoms with van der Waals surface area (Å²) < 4.78 is 10.7. The minimum absolute atomic E-state index is 0.0384. The fraction of sp³-hybridized carbons (Fsp3) is 0.533. The van der Waals surface area contributed by atoms with Crippen LogP contribution in [0.1, 0.15) is 11.1 Å². The fourth-order valence-corrected chi connectivity index (χ4v) is 2.48. The van der Waals surface area contributed by atoms with Crippen LogP contribution in [0.4, 0.5) is 0 Å². The Morgan fingerprint density at radius 2 is 1.65 bits per heavy atom. The third kappa shape index (κ3) is 3.36. The number of likely N-dealkylation sites (tertiary alicyclic amines) is 1. The van der Waals surface area contributed by atoms with Crippen LogP contribution in [-0.2, 0) is 27.2 Å². The topological polar surface area (TPSA) is 64.8 Å². The molecule has 1 aromatic carbocycles. The number of methoxy groups -OCH3 is 2. The second kappa shape index (κ2) is 6.83. The number of amides is 1. The molecule has 0 bridgehead atoms. The van der Waals surface area contributed by atoms with E-state index in [0.717, 1.165) is 11.1 Å². The number of hydrogen-bond donors (Lipinski definition) is 1. The van der Waals surface area contributed by atoms with Crippen LogP contribution in [0.2, 0.25) is 0 Å². The number of nitrogens with two attached hydrogens (primary N) is 1. The van der Waals surface area contributed by atoms with E-state index in [9.17, 15) is 4.79 Å². The van der Waals surface area contributed by atoms with Crippen LogP contribution in [0, 0.1) is 0 Å². The van der Waals surface area contributed by atoms with Gasteiger partial charge in [0.2, 0.25) is 5.91 Å². The van der Waals surface area contributed by atoms with E-state index in [2.05, 4.69) is 0 Å². The molecule has 1 amide bonds. The molecule has 5 nitrogen and oxygen atoms in total. The van der Waals surface area contributed by atoms with Gasteiger partial charge in [0, 0.05) is 33.9 Å². The summed E-state index contributed by atoms with van der Waals surface area (Å²) >= 11 is 0. The summed E-state index contributed by atoms with van der Waals surface area (Å²) in [5.41, 5.74) is 7.63. The van der Waals surface area contributed by atoms with E-state index in [1.54, 1.807) is 19.1 Å². The Labute approximate surface area is 119 Å². The first-order valence-electron chi connectivity index (χ1n) is 6.79. The Hall–Kier alpha value is -1.43. The van der Waals surface area contributed by atoms with Crippen LogP contribution in [0.25, 0.3) is 0 Å². The highest BCUT2D eigenvalue weighted by Crippen LogP contribution is 2.17. The zero-order chi connectivity index (χ0) is 14.5. The molecule has 2 atom stereocenters. The van der Waals surface area contributed by atoms with Crippen LogP contribution in [0.5, 0.6) is 0 Å². The lowest BCUT2D eigenvalue weighted by Gasteiger charge is -2.15. The predicted octanol–water partition coefficient (Wildman–Crippen LogP) is 0.560. The van der Waals surface area contributed by atoms with Crippen LogP contribution in [-0.4, -0.2) is 50.3 Å². The van der Waals surface area contributed by atoms with Crippen molar-refractivity contribution in [3.8, 4) is 0 Å². The summed E-state index contributed by atoms with van der Waals surface area (Å²) in [6, 6.07) is 7.83. The van der Waals surface area contributed by atoms with Crippen LogP contribution >= 0.6 is 0 Å². The van der Waals surface area contributed by atoms with Gasteiger partial charge in [-0.05, 0) is 11.1 Å². The average Bonchev–Trinajstić information content (AvgIpc) is 2.91. The lowest BCUT2D eigenvalue weighted by molar-refractivity contribution is -0.130. The maximum absolute atomic E-state index is 12.3. The molecule has 110 valence electrons. The number of hydrogen-bond acceptors (Lipinski definition) is 4. The molecule has 20 heavy (non-hydrogen) atoms. The second-order valence-electron chi connectivity index (χ2n) is 5.04. The summed E-state index contributed by atoms with van der Waals surface area (Å²) in [5.74, 6) is 0.104. The SMILES string of the molecule is COC1CN(C(=O)Cc2ccc(CN)cc2)CC1OC. The first-order chi connectivity index (χ1) is 9.67. The summed E-state index contributed by atoms with van der Waals surface area (Å²) in [6.45, 7) is 1.70. The Morgan fingerprint density at radius 1 is 1.15 bits per heavy atom. The van der Waals surface area contributed by atoms with Crippen molar-refractivity contribution in [2.45, 2.75) is 25.2 Å². The van der Waals surface area contributed by atoms with Crippen molar-refractivity contribution in [1.29, 1.82) is 0 Å². The molecule has 0 radical (unpaired) electrons. The molecule has 5 heteroatoms. The van der Waals surface area contributed by atoms with E-state index < -0.39 is 0 Å². The van der Waals surface area contributed by atoms with Gasteiger partial charge in [-0.1, -0.05) is 24.3 Å². The molecule has 1 saturated heterocycles. The Balaban J connectivity index is 1.94. The van der Waals surface area contributed by atoms with Gasteiger partial charge in [0.05, 0.1) is 6.42 Å². The van der Waals surface area contributed by atoms with Gasteiger partial charge in [-0.25, -0.2) is 0 Å². The van der Waals surface area contributed by atoms with Crippen LogP contribution < -0.4 is 5.73 Å². The number of carbonyl (C=O) groups excluding carboxylic acids is 1. The van der Waals surface area contributed by atoms with E-state index in [4.69, 9.17) is 15.2 Å². The Bertz CT molecular complexity index is 435. The third-order valence-corrected chi connectivity index (χ3v) is 3.79. The quantitative estimate of drug-likeness (QED) is 0.855. The van der Waals surface area contributed by atoms with Gasteiger partial charge < -0.3 is 20.1 Å². The summed E-state index contributed by atoms with van der Waals surface area (Å²) in [5, 5.41) is 0. The molecule has 1 aliphatic rings. The average molecular weight is 278 g/mol. The van der Waals surface area contributed by atoms with Gasteiger partial charge in [0.15, 0.2) is 0 Å². The first-order valence-corrected chi connectivity index (χ1v) is 6.79. The number of carbonyl (C=O) groups is 1. The Kier molecular flexibility index (Phi) is 5.11. The molecular formula is C15H22N2O3. The third-order valence-electron chi connectivity index (χ3n) is 3.79. The summed E-state index contributed by atoms with van der Waals surface area (Å²) in [4.78, 5) is 14.1. The molecule has 0 aromatic heterocycles. The van der Waals surface area contributed by atoms with Crippen molar-refractivity contribution in [2.24, 2.45) is 5.73 Å². The van der Waals surface area contributed by atoms with Crippen LogP contribution in [0.3, 0.4) is 0 Å². The minimum Gasteiger partial charge on any atom is -0.377 e. The molecule has 2 unspecified atom stereocenters. The fourth-order valence-electron chi connectivity index (χ4n) is 2.48. The molecule has 0 spiro atoms. The highest BCUT2D eigenvalue weighted by Gasteiger charge is 2.35. The standard InChI is InChI=1S/C15H22N2O3/c1-19-13-9-17(10-14(13)20-2)15(18)7-11-3-5-12(8-16)6-4-11/h3-6,13-14H,7-10,16H2,1-2H3. The largest absolute Gasteiger partial charge is 0.377 e. The highest BCUT2D eigenvalue weighted by atomic mass is 16.5. The van der Waals surface area contributed by atoms with Crippen molar-refractivity contribution in [1.82, 2.24) is 4.90 Å². The molecule has 0 aliphatic carbocycles. The van der Waals surface area contributed by atoms with Crippen molar-refractivity contribution >= 4 is 5.91 Å². The van der Waals surface area contributed by atoms with Crippen molar-refractivity contribution in [3.05, 3.63) is 35.4 Å². The van der Waals surface area contributed by atoms with Gasteiger partial charge in [0.1, 0.15) is 12.2 Å². The molecule has 1 heterocycles. The minimum atomic E-state index is -0.0384. The second-order valence-corrected chi connectivity index (χ2v) is 5.04. The van der Waals surface area contributed by atoms with E-state index in [1.807, 2.05) is 24.3 Å². The van der Waals surface area contributed by atoms with Crippen molar-refractivity contribution in [2.75, 3.05) is 27.3 Å². The zero-order valence-corrected chi connectivity index (χ0v) is 12.0. The maximum atomic E-state index is 12.3. The van der Waals surface area contributed by atoms with E-state index in [-0.39, 0.29) is 18.1 Å². The van der Waals surface area contributed by atoms with Gasteiger partial charge in [-0.2, -0.15) is 0 Å². The molecule has 1 fully saturated rings. The van der Waals surface area contributed by atoms with Gasteiger partial charge in [0.25, 0.3) is 0 Å². The van der Waals surface area contributed by atoms with Gasteiger partial charge >= 0.3 is 0 Å².